The molecule has 1 heterocycles. The molecule has 1 nitrogen and oxygen atoms in total. The first kappa shape index (κ1) is 13.7. The Bertz CT molecular complexity index is 173. The summed E-state index contributed by atoms with van der Waals surface area (Å²) in [6.07, 6.45) is 2.63. The van der Waals surface area contributed by atoms with Gasteiger partial charge >= 0.3 is 0 Å². The van der Waals surface area contributed by atoms with E-state index in [1.807, 2.05) is 0 Å². The van der Waals surface area contributed by atoms with E-state index in [9.17, 15) is 0 Å². The Balaban J connectivity index is 2.55. The van der Waals surface area contributed by atoms with E-state index in [0.29, 0.717) is 6.04 Å². The zero-order chi connectivity index (χ0) is 11.3. The van der Waals surface area contributed by atoms with Crippen molar-refractivity contribution in [2.75, 3.05) is 18.6 Å². The second-order valence-electron chi connectivity index (χ2n) is 4.68. The van der Waals surface area contributed by atoms with Gasteiger partial charge in [0.15, 0.2) is 0 Å². The molecule has 1 N–H and O–H groups in total. The number of hydrogen-bond donors (Lipinski definition) is 1. The van der Waals surface area contributed by atoms with Crippen molar-refractivity contribution in [2.45, 2.75) is 50.2 Å². The molecule has 0 bridgehead atoms. The third kappa shape index (κ3) is 4.20. The minimum Gasteiger partial charge on any atom is -0.316 e. The first-order valence-electron chi connectivity index (χ1n) is 6.09. The van der Waals surface area contributed by atoms with Crippen molar-refractivity contribution in [1.29, 1.82) is 0 Å². The Kier molecular flexibility index (Phi) is 6.48. The lowest BCUT2D eigenvalue weighted by Gasteiger charge is -2.36. The lowest BCUT2D eigenvalue weighted by atomic mass is 9.98. The standard InChI is InChI=1S/C12H25NS2/c1-5-11-12(15-7-6-14-11)10(13-4)8-9(2)3/h9-13H,5-8H2,1-4H3. The Hall–Kier alpha value is 0.660. The molecule has 3 atom stereocenters. The lowest BCUT2D eigenvalue weighted by Crippen LogP contribution is -2.44. The Morgan fingerprint density at radius 2 is 1.93 bits per heavy atom. The zero-order valence-corrected chi connectivity index (χ0v) is 12.1. The van der Waals surface area contributed by atoms with E-state index in [2.05, 4.69) is 56.7 Å². The SMILES string of the molecule is CCC1SCCSC1C(CC(C)C)NC. The van der Waals surface area contributed by atoms with E-state index in [0.717, 1.165) is 16.4 Å². The highest BCUT2D eigenvalue weighted by atomic mass is 32.2. The third-order valence-corrected chi connectivity index (χ3v) is 6.39. The van der Waals surface area contributed by atoms with Gasteiger partial charge in [-0.15, -0.1) is 0 Å². The maximum Gasteiger partial charge on any atom is 0.0320 e. The van der Waals surface area contributed by atoms with Gasteiger partial charge in [-0.25, -0.2) is 0 Å². The number of rotatable bonds is 5. The molecule has 0 aromatic heterocycles. The van der Waals surface area contributed by atoms with Crippen LogP contribution >= 0.6 is 23.5 Å². The number of nitrogens with one attached hydrogen (secondary N) is 1. The van der Waals surface area contributed by atoms with Gasteiger partial charge in [0.1, 0.15) is 0 Å². The molecule has 3 heteroatoms. The second-order valence-corrected chi connectivity index (χ2v) is 7.31. The van der Waals surface area contributed by atoms with Gasteiger partial charge in [-0.05, 0) is 25.8 Å². The monoisotopic (exact) mass is 247 g/mol. The molecule has 3 unspecified atom stereocenters. The molecule has 1 aliphatic heterocycles. The van der Waals surface area contributed by atoms with E-state index >= 15 is 0 Å². The molecule has 90 valence electrons. The van der Waals surface area contributed by atoms with Crippen LogP contribution in [-0.4, -0.2) is 35.1 Å². The maximum absolute atomic E-state index is 3.53. The van der Waals surface area contributed by atoms with Crippen LogP contribution in [0, 0.1) is 5.92 Å². The van der Waals surface area contributed by atoms with Crippen LogP contribution in [0.5, 0.6) is 0 Å². The van der Waals surface area contributed by atoms with Crippen LogP contribution in [0.25, 0.3) is 0 Å². The van der Waals surface area contributed by atoms with E-state index in [1.54, 1.807) is 0 Å². The third-order valence-electron chi connectivity index (χ3n) is 2.99. The van der Waals surface area contributed by atoms with Crippen molar-refractivity contribution < 1.29 is 0 Å². The van der Waals surface area contributed by atoms with Gasteiger partial charge in [0.2, 0.25) is 0 Å². The maximum atomic E-state index is 3.53. The smallest absolute Gasteiger partial charge is 0.0320 e. The summed E-state index contributed by atoms with van der Waals surface area (Å²) in [6.45, 7) is 6.98. The van der Waals surface area contributed by atoms with E-state index in [-0.39, 0.29) is 0 Å². The van der Waals surface area contributed by atoms with Gasteiger partial charge in [0.05, 0.1) is 0 Å². The summed E-state index contributed by atoms with van der Waals surface area (Å²) in [6, 6.07) is 0.702. The van der Waals surface area contributed by atoms with E-state index in [1.165, 1.54) is 24.3 Å². The molecule has 0 aromatic carbocycles. The quantitative estimate of drug-likeness (QED) is 0.801. The van der Waals surface area contributed by atoms with Gasteiger partial charge < -0.3 is 5.32 Å². The van der Waals surface area contributed by atoms with Crippen LogP contribution in [0.1, 0.15) is 33.6 Å². The Morgan fingerprint density at radius 3 is 2.47 bits per heavy atom. The fourth-order valence-electron chi connectivity index (χ4n) is 2.24. The molecule has 0 radical (unpaired) electrons. The Morgan fingerprint density at radius 1 is 1.27 bits per heavy atom. The van der Waals surface area contributed by atoms with Crippen LogP contribution in [0.15, 0.2) is 0 Å². The Labute approximate surface area is 104 Å². The lowest BCUT2D eigenvalue weighted by molar-refractivity contribution is 0.423. The van der Waals surface area contributed by atoms with E-state index in [4.69, 9.17) is 0 Å². The molecule has 1 rings (SSSR count). The summed E-state index contributed by atoms with van der Waals surface area (Å²) < 4.78 is 0. The van der Waals surface area contributed by atoms with Crippen LogP contribution in [-0.2, 0) is 0 Å². The molecule has 0 aromatic rings. The van der Waals surface area contributed by atoms with Crippen molar-refractivity contribution in [3.63, 3.8) is 0 Å². The molecule has 15 heavy (non-hydrogen) atoms. The van der Waals surface area contributed by atoms with Gasteiger partial charge in [-0.3, -0.25) is 0 Å². The first-order valence-corrected chi connectivity index (χ1v) is 8.19. The van der Waals surface area contributed by atoms with Crippen molar-refractivity contribution in [1.82, 2.24) is 5.32 Å². The van der Waals surface area contributed by atoms with Crippen molar-refractivity contribution >= 4 is 23.5 Å². The summed E-state index contributed by atoms with van der Waals surface area (Å²) in [4.78, 5) is 0. The van der Waals surface area contributed by atoms with Crippen LogP contribution < -0.4 is 5.32 Å². The summed E-state index contributed by atoms with van der Waals surface area (Å²) >= 11 is 4.37. The molecule has 0 saturated carbocycles. The first-order chi connectivity index (χ1) is 7.19. The highest BCUT2D eigenvalue weighted by Gasteiger charge is 2.31. The van der Waals surface area contributed by atoms with E-state index < -0.39 is 0 Å². The van der Waals surface area contributed by atoms with Gasteiger partial charge in [-0.1, -0.05) is 20.8 Å². The second kappa shape index (κ2) is 7.08. The normalized spacial score (nSPS) is 29.4. The number of thioether (sulfide) groups is 2. The molecule has 1 aliphatic rings. The molecule has 0 aliphatic carbocycles. The molecule has 1 fully saturated rings. The minimum absolute atomic E-state index is 0.702. The molecule has 0 amide bonds. The number of hydrogen-bond acceptors (Lipinski definition) is 3. The topological polar surface area (TPSA) is 12.0 Å². The van der Waals surface area contributed by atoms with Crippen LogP contribution in [0.2, 0.25) is 0 Å². The summed E-state index contributed by atoms with van der Waals surface area (Å²) in [5, 5.41) is 5.21. The molecule has 1 saturated heterocycles. The van der Waals surface area contributed by atoms with Gasteiger partial charge in [-0.2, -0.15) is 23.5 Å². The van der Waals surface area contributed by atoms with Crippen molar-refractivity contribution in [3.05, 3.63) is 0 Å². The minimum atomic E-state index is 0.702. The average Bonchev–Trinajstić information content (AvgIpc) is 2.25. The molecule has 0 spiro atoms. The molecular weight excluding hydrogens is 222 g/mol. The largest absolute Gasteiger partial charge is 0.316 e. The van der Waals surface area contributed by atoms with Crippen molar-refractivity contribution in [3.8, 4) is 0 Å². The van der Waals surface area contributed by atoms with Crippen LogP contribution in [0.3, 0.4) is 0 Å². The van der Waals surface area contributed by atoms with Crippen LogP contribution in [0.4, 0.5) is 0 Å². The fourth-order valence-corrected chi connectivity index (χ4v) is 5.55. The highest BCUT2D eigenvalue weighted by molar-refractivity contribution is 8.07. The van der Waals surface area contributed by atoms with Crippen molar-refractivity contribution in [2.24, 2.45) is 5.92 Å². The summed E-state index contributed by atoms with van der Waals surface area (Å²) in [5.41, 5.74) is 0. The molecular formula is C12H25NS2. The summed E-state index contributed by atoms with van der Waals surface area (Å²) in [7, 11) is 2.12. The average molecular weight is 247 g/mol. The fraction of sp³-hybridized carbons (Fsp3) is 1.00. The predicted molar refractivity (Wildman–Crippen MR) is 75.1 cm³/mol. The van der Waals surface area contributed by atoms with Gasteiger partial charge in [0.25, 0.3) is 0 Å². The predicted octanol–water partition coefficient (Wildman–Crippen LogP) is 3.25. The highest BCUT2D eigenvalue weighted by Crippen LogP contribution is 2.36. The van der Waals surface area contributed by atoms with Gasteiger partial charge in [0, 0.05) is 28.0 Å². The zero-order valence-electron chi connectivity index (χ0n) is 10.5. The summed E-state index contributed by atoms with van der Waals surface area (Å²) in [5.74, 6) is 3.48.